The van der Waals surface area contributed by atoms with Crippen molar-refractivity contribution in [2.75, 3.05) is 0 Å². The predicted octanol–water partition coefficient (Wildman–Crippen LogP) is 0.398. The zero-order chi connectivity index (χ0) is 15.1. The molecule has 0 aromatic carbocycles. The lowest BCUT2D eigenvalue weighted by atomic mass is 9.76. The largest absolute Gasteiger partial charge is 0.351 e. The van der Waals surface area contributed by atoms with Gasteiger partial charge in [-0.25, -0.2) is 20.4 Å². The lowest BCUT2D eigenvalue weighted by Crippen LogP contribution is -2.55. The van der Waals surface area contributed by atoms with Crippen LogP contribution in [0.15, 0.2) is 5.10 Å². The molecule has 1 saturated carbocycles. The topological polar surface area (TPSA) is 135 Å². The molecule has 7 N–H and O–H groups in total. The van der Waals surface area contributed by atoms with Crippen LogP contribution in [0.25, 0.3) is 0 Å². The molecule has 0 radical (unpaired) electrons. The number of carbonyl (C=O) groups is 2. The number of hydrogen-bond acceptors (Lipinski definition) is 4. The summed E-state index contributed by atoms with van der Waals surface area (Å²) >= 11 is 0. The van der Waals surface area contributed by atoms with Gasteiger partial charge in [-0.05, 0) is 24.7 Å². The van der Waals surface area contributed by atoms with Gasteiger partial charge in [0.05, 0.1) is 11.8 Å². The maximum Gasteiger partial charge on any atom is 0.332 e. The van der Waals surface area contributed by atoms with E-state index in [0.717, 1.165) is 31.4 Å². The third kappa shape index (κ3) is 5.04. The van der Waals surface area contributed by atoms with Crippen molar-refractivity contribution in [2.45, 2.75) is 45.6 Å². The van der Waals surface area contributed by atoms with Crippen molar-refractivity contribution in [3.05, 3.63) is 0 Å². The predicted molar refractivity (Wildman–Crippen MR) is 76.6 cm³/mol. The summed E-state index contributed by atoms with van der Waals surface area (Å²) in [5, 5.41) is 4.06. The standard InChI is InChI=1S/C12H24N6O2/c1-3-4-8-5-7(2)10(16-18-12(14)20)9(6-8)15-17-11(13)19/h7-8,10,16H,3-6H2,1-2H3,(H3,13,17,19)(H3,14,18,20)/b15-9+/t7-,8-,10+/m0/s1. The second-order valence-electron chi connectivity index (χ2n) is 5.26. The van der Waals surface area contributed by atoms with Gasteiger partial charge in [0, 0.05) is 0 Å². The second kappa shape index (κ2) is 7.68. The van der Waals surface area contributed by atoms with Gasteiger partial charge >= 0.3 is 12.1 Å². The summed E-state index contributed by atoms with van der Waals surface area (Å²) in [7, 11) is 0. The molecule has 0 aliphatic heterocycles. The van der Waals surface area contributed by atoms with Crippen LogP contribution >= 0.6 is 0 Å². The fourth-order valence-corrected chi connectivity index (χ4v) is 2.74. The van der Waals surface area contributed by atoms with Gasteiger partial charge in [0.1, 0.15) is 0 Å². The Morgan fingerprint density at radius 3 is 2.60 bits per heavy atom. The van der Waals surface area contributed by atoms with E-state index in [4.69, 9.17) is 11.5 Å². The van der Waals surface area contributed by atoms with Crippen molar-refractivity contribution in [2.24, 2.45) is 28.4 Å². The molecule has 0 aromatic rings. The van der Waals surface area contributed by atoms with Gasteiger partial charge in [0.15, 0.2) is 0 Å². The average Bonchev–Trinajstić information content (AvgIpc) is 2.35. The molecule has 0 spiro atoms. The molecular weight excluding hydrogens is 260 g/mol. The van der Waals surface area contributed by atoms with Gasteiger partial charge in [-0.3, -0.25) is 5.43 Å². The average molecular weight is 284 g/mol. The third-order valence-corrected chi connectivity index (χ3v) is 3.49. The van der Waals surface area contributed by atoms with Crippen molar-refractivity contribution in [1.82, 2.24) is 16.3 Å². The first-order valence-corrected chi connectivity index (χ1v) is 6.86. The second-order valence-corrected chi connectivity index (χ2v) is 5.26. The normalized spacial score (nSPS) is 28.1. The number of carbonyl (C=O) groups excluding carboxylic acids is 2. The molecule has 3 atom stereocenters. The molecule has 8 nitrogen and oxygen atoms in total. The number of rotatable bonds is 5. The van der Waals surface area contributed by atoms with Crippen LogP contribution in [0.4, 0.5) is 9.59 Å². The van der Waals surface area contributed by atoms with E-state index < -0.39 is 12.1 Å². The van der Waals surface area contributed by atoms with Crippen molar-refractivity contribution in [1.29, 1.82) is 0 Å². The fourth-order valence-electron chi connectivity index (χ4n) is 2.74. The minimum atomic E-state index is -0.704. The monoisotopic (exact) mass is 284 g/mol. The van der Waals surface area contributed by atoms with Crippen LogP contribution in [0.5, 0.6) is 0 Å². The van der Waals surface area contributed by atoms with E-state index in [2.05, 4.69) is 35.2 Å². The zero-order valence-corrected chi connectivity index (χ0v) is 12.0. The van der Waals surface area contributed by atoms with Crippen LogP contribution in [0.3, 0.4) is 0 Å². The van der Waals surface area contributed by atoms with E-state index in [9.17, 15) is 9.59 Å². The minimum absolute atomic E-state index is 0.164. The van der Waals surface area contributed by atoms with Gasteiger partial charge in [-0.2, -0.15) is 5.10 Å². The van der Waals surface area contributed by atoms with Crippen LogP contribution in [0.2, 0.25) is 0 Å². The van der Waals surface area contributed by atoms with Crippen molar-refractivity contribution in [3.63, 3.8) is 0 Å². The Bertz CT molecular complexity index is 384. The first kappa shape index (κ1) is 16.2. The molecule has 1 rings (SSSR count). The number of hydrazine groups is 1. The van der Waals surface area contributed by atoms with Crippen LogP contribution < -0.4 is 27.7 Å². The fraction of sp³-hybridized carbons (Fsp3) is 0.750. The molecule has 1 aliphatic rings. The van der Waals surface area contributed by atoms with E-state index in [1.54, 1.807) is 0 Å². The summed E-state index contributed by atoms with van der Waals surface area (Å²) in [6.07, 6.45) is 4.00. The van der Waals surface area contributed by atoms with Crippen molar-refractivity contribution >= 4 is 17.8 Å². The Morgan fingerprint density at radius 1 is 1.35 bits per heavy atom. The molecule has 0 saturated heterocycles. The summed E-state index contributed by atoms with van der Waals surface area (Å²) in [6, 6.07) is -1.53. The van der Waals surface area contributed by atoms with E-state index in [1.807, 2.05) is 0 Å². The lowest BCUT2D eigenvalue weighted by molar-refractivity contribution is 0.235. The summed E-state index contributed by atoms with van der Waals surface area (Å²) in [5.74, 6) is 0.788. The van der Waals surface area contributed by atoms with Crippen LogP contribution in [0, 0.1) is 11.8 Å². The molecule has 20 heavy (non-hydrogen) atoms. The molecule has 1 aliphatic carbocycles. The van der Waals surface area contributed by atoms with Crippen molar-refractivity contribution < 1.29 is 9.59 Å². The number of primary amides is 2. The Hall–Kier alpha value is -1.83. The SMILES string of the molecule is CCC[C@@H]1C/C(=N\NC(N)=O)[C@H](NNC(N)=O)[C@@H](C)C1. The van der Waals surface area contributed by atoms with Gasteiger partial charge in [-0.15, -0.1) is 0 Å². The quantitative estimate of drug-likeness (QED) is 0.467. The Morgan fingerprint density at radius 2 is 2.05 bits per heavy atom. The molecule has 8 heteroatoms. The van der Waals surface area contributed by atoms with Crippen LogP contribution in [-0.4, -0.2) is 23.8 Å². The molecule has 114 valence electrons. The summed E-state index contributed by atoms with van der Waals surface area (Å²) in [5.41, 5.74) is 18.4. The summed E-state index contributed by atoms with van der Waals surface area (Å²) in [6.45, 7) is 4.21. The maximum absolute atomic E-state index is 10.8. The Labute approximate surface area is 118 Å². The third-order valence-electron chi connectivity index (χ3n) is 3.49. The molecule has 0 unspecified atom stereocenters. The number of hydrogen-bond donors (Lipinski definition) is 5. The van der Waals surface area contributed by atoms with Gasteiger partial charge in [-0.1, -0.05) is 26.7 Å². The maximum atomic E-state index is 10.8. The number of urea groups is 2. The lowest BCUT2D eigenvalue weighted by Gasteiger charge is -2.35. The first-order valence-electron chi connectivity index (χ1n) is 6.86. The Balaban J connectivity index is 2.78. The number of nitrogens with zero attached hydrogens (tertiary/aromatic N) is 1. The van der Waals surface area contributed by atoms with E-state index in [1.165, 1.54) is 0 Å². The Kier molecular flexibility index (Phi) is 6.23. The highest BCUT2D eigenvalue weighted by Crippen LogP contribution is 2.30. The highest BCUT2D eigenvalue weighted by atomic mass is 16.2. The molecule has 0 heterocycles. The van der Waals surface area contributed by atoms with Gasteiger partial charge in [0.2, 0.25) is 0 Å². The van der Waals surface area contributed by atoms with Crippen LogP contribution in [-0.2, 0) is 0 Å². The van der Waals surface area contributed by atoms with Crippen LogP contribution in [0.1, 0.15) is 39.5 Å². The molecular formula is C12H24N6O2. The number of hydrazone groups is 1. The minimum Gasteiger partial charge on any atom is -0.351 e. The number of nitrogens with one attached hydrogen (secondary N) is 3. The molecule has 1 fully saturated rings. The highest BCUT2D eigenvalue weighted by molar-refractivity contribution is 5.92. The highest BCUT2D eigenvalue weighted by Gasteiger charge is 2.32. The van der Waals surface area contributed by atoms with E-state index in [0.29, 0.717) is 5.92 Å². The molecule has 0 aromatic heterocycles. The molecule has 0 bridgehead atoms. The van der Waals surface area contributed by atoms with E-state index in [-0.39, 0.29) is 12.0 Å². The zero-order valence-electron chi connectivity index (χ0n) is 12.0. The summed E-state index contributed by atoms with van der Waals surface area (Å²) in [4.78, 5) is 21.6. The van der Waals surface area contributed by atoms with Gasteiger partial charge < -0.3 is 11.5 Å². The van der Waals surface area contributed by atoms with Crippen molar-refractivity contribution in [3.8, 4) is 0 Å². The number of nitrogens with two attached hydrogens (primary N) is 2. The first-order chi connectivity index (χ1) is 9.43. The molecule has 4 amide bonds. The van der Waals surface area contributed by atoms with Gasteiger partial charge in [0.25, 0.3) is 0 Å². The summed E-state index contributed by atoms with van der Waals surface area (Å²) < 4.78 is 0. The van der Waals surface area contributed by atoms with E-state index >= 15 is 0 Å². The number of amides is 4. The smallest absolute Gasteiger partial charge is 0.332 e.